The van der Waals surface area contributed by atoms with E-state index in [1.807, 2.05) is 4.90 Å². The van der Waals surface area contributed by atoms with Gasteiger partial charge in [0.2, 0.25) is 17.8 Å². The molecule has 11 nitrogen and oxygen atoms in total. The highest BCUT2D eigenvalue weighted by atomic mass is 16.3. The summed E-state index contributed by atoms with van der Waals surface area (Å²) in [4.78, 5) is 37.0. The number of nitrogens with one attached hydrogen (secondary N) is 3. The van der Waals surface area contributed by atoms with Gasteiger partial charge < -0.3 is 31.3 Å². The van der Waals surface area contributed by atoms with E-state index in [2.05, 4.69) is 20.6 Å². The molecule has 1 fully saturated rings. The zero-order valence-corrected chi connectivity index (χ0v) is 17.0. The number of nitrogens with two attached hydrogens (primary N) is 1. The van der Waals surface area contributed by atoms with Crippen molar-refractivity contribution in [3.05, 3.63) is 48.3 Å². The van der Waals surface area contributed by atoms with E-state index in [1.54, 1.807) is 47.6 Å². The molecule has 1 aliphatic rings. The van der Waals surface area contributed by atoms with Crippen molar-refractivity contribution in [1.29, 1.82) is 5.41 Å². The van der Waals surface area contributed by atoms with Crippen LogP contribution >= 0.6 is 0 Å². The smallest absolute Gasteiger partial charge is 0.245 e. The number of aliphatic hydroxyl groups is 1. The van der Waals surface area contributed by atoms with Crippen LogP contribution in [0.25, 0.3) is 0 Å². The number of amides is 2. The van der Waals surface area contributed by atoms with Crippen molar-refractivity contribution in [2.24, 2.45) is 5.73 Å². The van der Waals surface area contributed by atoms with E-state index >= 15 is 0 Å². The number of anilines is 2. The normalized spacial score (nSPS) is 14.6. The molecule has 3 rings (SSSR count). The Bertz CT molecular complexity index is 916. The van der Waals surface area contributed by atoms with Crippen LogP contribution in [0.3, 0.4) is 0 Å². The number of nitrogen functional groups attached to an aromatic ring is 1. The number of aromatic nitrogens is 2. The first kappa shape index (κ1) is 22.0. The van der Waals surface area contributed by atoms with E-state index in [9.17, 15) is 14.7 Å². The van der Waals surface area contributed by atoms with E-state index in [0.29, 0.717) is 43.4 Å². The zero-order chi connectivity index (χ0) is 22.2. The van der Waals surface area contributed by atoms with Gasteiger partial charge in [-0.05, 0) is 18.2 Å². The first-order chi connectivity index (χ1) is 15.0. The van der Waals surface area contributed by atoms with Gasteiger partial charge in [-0.1, -0.05) is 12.1 Å². The third-order valence-corrected chi connectivity index (χ3v) is 4.89. The Labute approximate surface area is 179 Å². The average Bonchev–Trinajstić information content (AvgIpc) is 2.81. The molecular weight excluding hydrogens is 400 g/mol. The third kappa shape index (κ3) is 5.89. The van der Waals surface area contributed by atoms with E-state index in [-0.39, 0.29) is 18.3 Å². The Kier molecular flexibility index (Phi) is 7.33. The van der Waals surface area contributed by atoms with E-state index < -0.39 is 18.6 Å². The number of carbonyl (C=O) groups is 2. The molecule has 1 aromatic carbocycles. The van der Waals surface area contributed by atoms with Crippen LogP contribution in [-0.2, 0) is 9.59 Å². The summed E-state index contributed by atoms with van der Waals surface area (Å²) in [5.74, 6) is -0.163. The maximum Gasteiger partial charge on any atom is 0.245 e. The lowest BCUT2D eigenvalue weighted by molar-refractivity contribution is -0.133. The standard InChI is InChI=1S/C20H26N8O3/c21-18(22)14-3-1-4-15(11-14)26-16(13-29)19(31)25-12-17(30)27-7-9-28(10-8-27)20-23-5-2-6-24-20/h1-6,11,16,26,29H,7-10,12-13H2,(H3,21,22)(H,25,31). The second-order valence-electron chi connectivity index (χ2n) is 7.01. The molecule has 2 amide bonds. The lowest BCUT2D eigenvalue weighted by atomic mass is 10.1. The second kappa shape index (κ2) is 10.3. The van der Waals surface area contributed by atoms with Gasteiger partial charge in [0.25, 0.3) is 0 Å². The predicted molar refractivity (Wildman–Crippen MR) is 116 cm³/mol. The highest BCUT2D eigenvalue weighted by Crippen LogP contribution is 2.12. The number of hydrogen-bond donors (Lipinski definition) is 5. The van der Waals surface area contributed by atoms with E-state index in [4.69, 9.17) is 11.1 Å². The number of hydrogen-bond acceptors (Lipinski definition) is 8. The quantitative estimate of drug-likeness (QED) is 0.265. The summed E-state index contributed by atoms with van der Waals surface area (Å²) < 4.78 is 0. The molecule has 1 atom stereocenters. The lowest BCUT2D eigenvalue weighted by Crippen LogP contribution is -2.52. The molecule has 0 bridgehead atoms. The van der Waals surface area contributed by atoms with Crippen LogP contribution in [0.5, 0.6) is 0 Å². The fourth-order valence-electron chi connectivity index (χ4n) is 3.18. The van der Waals surface area contributed by atoms with Gasteiger partial charge in [-0.2, -0.15) is 0 Å². The van der Waals surface area contributed by atoms with Gasteiger partial charge in [-0.25, -0.2) is 9.97 Å². The first-order valence-corrected chi connectivity index (χ1v) is 9.87. The van der Waals surface area contributed by atoms with Crippen molar-refractivity contribution >= 4 is 29.3 Å². The molecule has 2 heterocycles. The minimum atomic E-state index is -0.943. The summed E-state index contributed by atoms with van der Waals surface area (Å²) in [6, 6.07) is 7.48. The maximum atomic E-state index is 12.5. The van der Waals surface area contributed by atoms with E-state index in [0.717, 1.165) is 0 Å². The summed E-state index contributed by atoms with van der Waals surface area (Å²) in [5, 5.41) is 22.5. The van der Waals surface area contributed by atoms with Crippen LogP contribution < -0.4 is 21.3 Å². The van der Waals surface area contributed by atoms with Crippen LogP contribution in [0.1, 0.15) is 5.56 Å². The molecule has 31 heavy (non-hydrogen) atoms. The topological polar surface area (TPSA) is 161 Å². The number of piperazine rings is 1. The summed E-state index contributed by atoms with van der Waals surface area (Å²) in [6.45, 7) is 1.61. The van der Waals surface area contributed by atoms with Gasteiger partial charge in [0, 0.05) is 49.8 Å². The molecule has 2 aromatic rings. The molecule has 164 valence electrons. The average molecular weight is 426 g/mol. The number of nitrogens with zero attached hydrogens (tertiary/aromatic N) is 4. The summed E-state index contributed by atoms with van der Waals surface area (Å²) in [5.41, 5.74) is 6.51. The van der Waals surface area contributed by atoms with Crippen LogP contribution in [0.4, 0.5) is 11.6 Å². The van der Waals surface area contributed by atoms with Crippen LogP contribution in [0.2, 0.25) is 0 Å². The van der Waals surface area contributed by atoms with Crippen molar-refractivity contribution in [2.45, 2.75) is 6.04 Å². The Hall–Kier alpha value is -3.73. The number of rotatable bonds is 8. The molecule has 1 unspecified atom stereocenters. The molecular formula is C20H26N8O3. The second-order valence-corrected chi connectivity index (χ2v) is 7.01. The maximum absolute atomic E-state index is 12.5. The van der Waals surface area contributed by atoms with Gasteiger partial charge in [0.15, 0.2) is 0 Å². The Morgan fingerprint density at radius 2 is 1.87 bits per heavy atom. The molecule has 11 heteroatoms. The molecule has 0 saturated carbocycles. The summed E-state index contributed by atoms with van der Waals surface area (Å²) in [6.07, 6.45) is 3.36. The fraction of sp³-hybridized carbons (Fsp3) is 0.350. The van der Waals surface area contributed by atoms with E-state index in [1.165, 1.54) is 0 Å². The van der Waals surface area contributed by atoms with Gasteiger partial charge in [0.05, 0.1) is 13.2 Å². The number of amidine groups is 1. The Balaban J connectivity index is 1.47. The Morgan fingerprint density at radius 3 is 2.52 bits per heavy atom. The van der Waals surface area contributed by atoms with Crippen LogP contribution in [0.15, 0.2) is 42.7 Å². The van der Waals surface area contributed by atoms with Crippen LogP contribution in [0, 0.1) is 5.41 Å². The van der Waals surface area contributed by atoms with Crippen molar-refractivity contribution in [3.8, 4) is 0 Å². The highest BCUT2D eigenvalue weighted by Gasteiger charge is 2.24. The zero-order valence-electron chi connectivity index (χ0n) is 17.0. The molecule has 1 aromatic heterocycles. The van der Waals surface area contributed by atoms with Gasteiger partial charge >= 0.3 is 0 Å². The third-order valence-electron chi connectivity index (χ3n) is 4.89. The van der Waals surface area contributed by atoms with Crippen molar-refractivity contribution in [1.82, 2.24) is 20.2 Å². The summed E-state index contributed by atoms with van der Waals surface area (Å²) in [7, 11) is 0. The van der Waals surface area contributed by atoms with Gasteiger partial charge in [-0.3, -0.25) is 15.0 Å². The molecule has 0 aliphatic carbocycles. The lowest BCUT2D eigenvalue weighted by Gasteiger charge is -2.34. The minimum absolute atomic E-state index is 0.0989. The molecule has 1 saturated heterocycles. The Morgan fingerprint density at radius 1 is 1.16 bits per heavy atom. The molecule has 6 N–H and O–H groups in total. The minimum Gasteiger partial charge on any atom is -0.394 e. The first-order valence-electron chi connectivity index (χ1n) is 9.87. The number of benzene rings is 1. The molecule has 0 spiro atoms. The molecule has 0 radical (unpaired) electrons. The highest BCUT2D eigenvalue weighted by molar-refractivity contribution is 5.96. The number of carbonyl (C=O) groups excluding carboxylic acids is 2. The largest absolute Gasteiger partial charge is 0.394 e. The van der Waals surface area contributed by atoms with Gasteiger partial charge in [0.1, 0.15) is 11.9 Å². The van der Waals surface area contributed by atoms with Gasteiger partial charge in [-0.15, -0.1) is 0 Å². The fourth-order valence-corrected chi connectivity index (χ4v) is 3.18. The summed E-state index contributed by atoms with van der Waals surface area (Å²) >= 11 is 0. The predicted octanol–water partition coefficient (Wildman–Crippen LogP) is -1.00. The van der Waals surface area contributed by atoms with Crippen molar-refractivity contribution in [2.75, 3.05) is 49.5 Å². The van der Waals surface area contributed by atoms with Crippen LogP contribution in [-0.4, -0.2) is 83.0 Å². The number of aliphatic hydroxyl groups excluding tert-OH is 1. The van der Waals surface area contributed by atoms with Crippen molar-refractivity contribution < 1.29 is 14.7 Å². The van der Waals surface area contributed by atoms with Crippen molar-refractivity contribution in [3.63, 3.8) is 0 Å². The molecule has 1 aliphatic heterocycles. The monoisotopic (exact) mass is 426 g/mol. The SMILES string of the molecule is N=C(N)c1cccc(NC(CO)C(=O)NCC(=O)N2CCN(c3ncccn3)CC2)c1.